The van der Waals surface area contributed by atoms with E-state index in [1.54, 1.807) is 0 Å². The summed E-state index contributed by atoms with van der Waals surface area (Å²) in [5.41, 5.74) is 8.20. The SMILES string of the molecule is Cc1ccc(C(CN)OCC2CC2)cc1. The summed E-state index contributed by atoms with van der Waals surface area (Å²) in [7, 11) is 0. The number of hydrogen-bond donors (Lipinski definition) is 1. The molecule has 1 aliphatic rings. The van der Waals surface area contributed by atoms with Gasteiger partial charge in [0.15, 0.2) is 0 Å². The molecule has 2 nitrogen and oxygen atoms in total. The molecule has 1 unspecified atom stereocenters. The molecule has 0 radical (unpaired) electrons. The minimum Gasteiger partial charge on any atom is -0.372 e. The summed E-state index contributed by atoms with van der Waals surface area (Å²) in [4.78, 5) is 0. The maximum absolute atomic E-state index is 5.82. The van der Waals surface area contributed by atoms with Crippen molar-refractivity contribution in [1.29, 1.82) is 0 Å². The first-order chi connectivity index (χ1) is 7.29. The van der Waals surface area contributed by atoms with Gasteiger partial charge in [-0.2, -0.15) is 0 Å². The molecule has 82 valence electrons. The number of ether oxygens (including phenoxy) is 1. The zero-order chi connectivity index (χ0) is 10.7. The van der Waals surface area contributed by atoms with Gasteiger partial charge in [0.05, 0.1) is 12.7 Å². The van der Waals surface area contributed by atoms with E-state index >= 15 is 0 Å². The Morgan fingerprint density at radius 3 is 2.53 bits per heavy atom. The smallest absolute Gasteiger partial charge is 0.0947 e. The maximum Gasteiger partial charge on any atom is 0.0947 e. The summed E-state index contributed by atoms with van der Waals surface area (Å²) in [6, 6.07) is 8.44. The Bertz CT molecular complexity index is 303. The highest BCUT2D eigenvalue weighted by Crippen LogP contribution is 2.30. The predicted octanol–water partition coefficient (Wildman–Crippen LogP) is 2.42. The largest absolute Gasteiger partial charge is 0.372 e. The molecule has 1 aromatic rings. The Balaban J connectivity index is 1.94. The molecule has 1 fully saturated rings. The maximum atomic E-state index is 5.82. The molecule has 0 aromatic heterocycles. The van der Waals surface area contributed by atoms with E-state index in [1.165, 1.54) is 24.0 Å². The molecule has 0 aliphatic heterocycles. The average molecular weight is 205 g/mol. The molecule has 2 N–H and O–H groups in total. The van der Waals surface area contributed by atoms with Crippen LogP contribution in [0.3, 0.4) is 0 Å². The van der Waals surface area contributed by atoms with Crippen molar-refractivity contribution in [2.45, 2.75) is 25.9 Å². The van der Waals surface area contributed by atoms with Crippen LogP contribution in [0.1, 0.15) is 30.1 Å². The lowest BCUT2D eigenvalue weighted by Gasteiger charge is -2.16. The molecule has 0 amide bonds. The van der Waals surface area contributed by atoms with E-state index < -0.39 is 0 Å². The summed E-state index contributed by atoms with van der Waals surface area (Å²) in [5, 5.41) is 0. The lowest BCUT2D eigenvalue weighted by atomic mass is 10.1. The summed E-state index contributed by atoms with van der Waals surface area (Å²) >= 11 is 0. The first kappa shape index (κ1) is 10.7. The second-order valence-corrected chi connectivity index (χ2v) is 4.41. The predicted molar refractivity (Wildman–Crippen MR) is 61.7 cm³/mol. The van der Waals surface area contributed by atoms with Gasteiger partial charge in [-0.15, -0.1) is 0 Å². The van der Waals surface area contributed by atoms with Crippen LogP contribution in [0.4, 0.5) is 0 Å². The van der Waals surface area contributed by atoms with Gasteiger partial charge in [-0.25, -0.2) is 0 Å². The minimum atomic E-state index is 0.0752. The Morgan fingerprint density at radius 1 is 1.33 bits per heavy atom. The van der Waals surface area contributed by atoms with Gasteiger partial charge in [0.1, 0.15) is 0 Å². The second kappa shape index (κ2) is 4.77. The third-order valence-electron chi connectivity index (χ3n) is 2.89. The van der Waals surface area contributed by atoms with E-state index in [9.17, 15) is 0 Å². The van der Waals surface area contributed by atoms with Crippen molar-refractivity contribution in [2.24, 2.45) is 11.7 Å². The Hall–Kier alpha value is -0.860. The number of hydrogen-bond acceptors (Lipinski definition) is 2. The summed E-state index contributed by atoms with van der Waals surface area (Å²) in [6.07, 6.45) is 2.72. The van der Waals surface area contributed by atoms with E-state index in [0.29, 0.717) is 6.54 Å². The van der Waals surface area contributed by atoms with Crippen LogP contribution in [0.2, 0.25) is 0 Å². The third kappa shape index (κ3) is 3.05. The van der Waals surface area contributed by atoms with Crippen LogP contribution in [0, 0.1) is 12.8 Å². The standard InChI is InChI=1S/C13H19NO/c1-10-2-6-12(7-3-10)13(8-14)15-9-11-4-5-11/h2-3,6-7,11,13H,4-5,8-9,14H2,1H3. The fourth-order valence-electron chi connectivity index (χ4n) is 1.62. The monoisotopic (exact) mass is 205 g/mol. The number of aryl methyl sites for hydroxylation is 1. The molecule has 2 heteroatoms. The van der Waals surface area contributed by atoms with Crippen molar-refractivity contribution >= 4 is 0 Å². The van der Waals surface area contributed by atoms with Crippen LogP contribution >= 0.6 is 0 Å². The molecule has 0 bridgehead atoms. The fourth-order valence-corrected chi connectivity index (χ4v) is 1.62. The zero-order valence-corrected chi connectivity index (χ0v) is 9.28. The molecule has 0 spiro atoms. The normalized spacial score (nSPS) is 17.7. The van der Waals surface area contributed by atoms with Crippen molar-refractivity contribution in [3.63, 3.8) is 0 Å². The van der Waals surface area contributed by atoms with Crippen molar-refractivity contribution < 1.29 is 4.74 Å². The van der Waals surface area contributed by atoms with Gasteiger partial charge < -0.3 is 10.5 Å². The summed E-state index contributed by atoms with van der Waals surface area (Å²) < 4.78 is 5.82. The van der Waals surface area contributed by atoms with Crippen molar-refractivity contribution in [2.75, 3.05) is 13.2 Å². The van der Waals surface area contributed by atoms with Crippen LogP contribution in [0.5, 0.6) is 0 Å². The summed E-state index contributed by atoms with van der Waals surface area (Å²) in [5.74, 6) is 0.796. The van der Waals surface area contributed by atoms with E-state index in [1.807, 2.05) is 0 Å². The van der Waals surface area contributed by atoms with Gasteiger partial charge in [-0.05, 0) is 31.2 Å². The van der Waals surface area contributed by atoms with Crippen LogP contribution in [-0.2, 0) is 4.74 Å². The number of rotatable bonds is 5. The van der Waals surface area contributed by atoms with Crippen molar-refractivity contribution in [3.05, 3.63) is 35.4 Å². The van der Waals surface area contributed by atoms with Gasteiger partial charge in [0.25, 0.3) is 0 Å². The molecule has 15 heavy (non-hydrogen) atoms. The molecule has 1 aromatic carbocycles. The van der Waals surface area contributed by atoms with Crippen LogP contribution in [0.15, 0.2) is 24.3 Å². The first-order valence-corrected chi connectivity index (χ1v) is 5.68. The highest BCUT2D eigenvalue weighted by Gasteiger charge is 2.23. The number of nitrogens with two attached hydrogens (primary N) is 1. The average Bonchev–Trinajstić information content (AvgIpc) is 3.05. The minimum absolute atomic E-state index is 0.0752. The quantitative estimate of drug-likeness (QED) is 0.801. The van der Waals surface area contributed by atoms with Crippen LogP contribution in [0.25, 0.3) is 0 Å². The molecule has 1 saturated carbocycles. The topological polar surface area (TPSA) is 35.2 Å². The molecule has 0 heterocycles. The molecular formula is C13H19NO. The van der Waals surface area contributed by atoms with Crippen LogP contribution < -0.4 is 5.73 Å². The van der Waals surface area contributed by atoms with Gasteiger partial charge in [0.2, 0.25) is 0 Å². The highest BCUT2D eigenvalue weighted by atomic mass is 16.5. The zero-order valence-electron chi connectivity index (χ0n) is 9.28. The lowest BCUT2D eigenvalue weighted by molar-refractivity contribution is 0.0510. The summed E-state index contributed by atoms with van der Waals surface area (Å²) in [6.45, 7) is 3.53. The molecular weight excluding hydrogens is 186 g/mol. The van der Waals surface area contributed by atoms with Gasteiger partial charge in [-0.3, -0.25) is 0 Å². The molecule has 2 rings (SSSR count). The van der Waals surface area contributed by atoms with E-state index in [2.05, 4.69) is 31.2 Å². The Kier molecular flexibility index (Phi) is 3.39. The first-order valence-electron chi connectivity index (χ1n) is 5.68. The second-order valence-electron chi connectivity index (χ2n) is 4.41. The molecule has 1 atom stereocenters. The van der Waals surface area contributed by atoms with E-state index in [4.69, 9.17) is 10.5 Å². The fraction of sp³-hybridized carbons (Fsp3) is 0.538. The Morgan fingerprint density at radius 2 is 2.00 bits per heavy atom. The Labute approximate surface area is 91.4 Å². The highest BCUT2D eigenvalue weighted by molar-refractivity contribution is 5.23. The van der Waals surface area contributed by atoms with E-state index in [-0.39, 0.29) is 6.10 Å². The van der Waals surface area contributed by atoms with Gasteiger partial charge in [0, 0.05) is 6.54 Å². The van der Waals surface area contributed by atoms with Crippen LogP contribution in [-0.4, -0.2) is 13.2 Å². The number of benzene rings is 1. The van der Waals surface area contributed by atoms with Gasteiger partial charge in [-0.1, -0.05) is 29.8 Å². The molecule has 0 saturated heterocycles. The third-order valence-corrected chi connectivity index (χ3v) is 2.89. The van der Waals surface area contributed by atoms with Gasteiger partial charge >= 0.3 is 0 Å². The van der Waals surface area contributed by atoms with E-state index in [0.717, 1.165) is 12.5 Å². The lowest BCUT2D eigenvalue weighted by Crippen LogP contribution is -2.17. The van der Waals surface area contributed by atoms with Crippen molar-refractivity contribution in [1.82, 2.24) is 0 Å². The molecule has 1 aliphatic carbocycles. The van der Waals surface area contributed by atoms with Crippen molar-refractivity contribution in [3.8, 4) is 0 Å².